The molecule has 0 amide bonds. The molecule has 1 rings (SSSR count). The van der Waals surface area contributed by atoms with Gasteiger partial charge in [-0.25, -0.2) is 0 Å². The lowest BCUT2D eigenvalue weighted by atomic mass is 10.1. The van der Waals surface area contributed by atoms with Crippen molar-refractivity contribution in [3.63, 3.8) is 0 Å². The number of halogens is 2. The topological polar surface area (TPSA) is 26.3 Å². The summed E-state index contributed by atoms with van der Waals surface area (Å²) in [6.07, 6.45) is 0.302. The quantitative estimate of drug-likeness (QED) is 0.626. The Morgan fingerprint density at radius 3 is 2.93 bits per heavy atom. The van der Waals surface area contributed by atoms with Gasteiger partial charge in [0.25, 0.3) is 0 Å². The molecule has 0 N–H and O–H groups in total. The minimum atomic E-state index is -0.244. The number of esters is 1. The van der Waals surface area contributed by atoms with E-state index in [4.69, 9.17) is 11.6 Å². The van der Waals surface area contributed by atoms with Crippen LogP contribution in [0.5, 0.6) is 0 Å². The van der Waals surface area contributed by atoms with Gasteiger partial charge in [-0.15, -0.1) is 0 Å². The van der Waals surface area contributed by atoms with Crippen molar-refractivity contribution in [2.24, 2.45) is 0 Å². The van der Waals surface area contributed by atoms with Gasteiger partial charge in [0.2, 0.25) is 0 Å². The van der Waals surface area contributed by atoms with E-state index in [1.54, 1.807) is 6.07 Å². The first-order valence-corrected chi connectivity index (χ1v) is 5.39. The molecule has 1 unspecified atom stereocenters. The monoisotopic (exact) mass is 276 g/mol. The fourth-order valence-electron chi connectivity index (χ4n) is 1.05. The van der Waals surface area contributed by atoms with E-state index in [1.807, 2.05) is 18.2 Å². The Balaban J connectivity index is 2.69. The molecule has 0 aliphatic rings. The Morgan fingerprint density at radius 1 is 1.64 bits per heavy atom. The maximum atomic E-state index is 11.0. The number of carbonyl (C=O) groups is 1. The molecule has 1 aromatic rings. The SMILES string of the molecule is COC(=O)CC(Br)c1cccc(Cl)c1. The van der Waals surface area contributed by atoms with Crippen LogP contribution in [0.2, 0.25) is 5.02 Å². The summed E-state index contributed by atoms with van der Waals surface area (Å²) >= 11 is 9.22. The minimum absolute atomic E-state index is 0.0475. The van der Waals surface area contributed by atoms with Crippen LogP contribution in [0.3, 0.4) is 0 Å². The molecule has 0 aliphatic heterocycles. The molecule has 0 radical (unpaired) electrons. The highest BCUT2D eigenvalue weighted by Gasteiger charge is 2.12. The largest absolute Gasteiger partial charge is 0.469 e. The molecule has 2 nitrogen and oxygen atoms in total. The summed E-state index contributed by atoms with van der Waals surface area (Å²) in [4.78, 5) is 10.9. The first-order chi connectivity index (χ1) is 6.63. The zero-order chi connectivity index (χ0) is 10.6. The summed E-state index contributed by atoms with van der Waals surface area (Å²) in [5, 5.41) is 0.664. The zero-order valence-corrected chi connectivity index (χ0v) is 10.0. The van der Waals surface area contributed by atoms with Crippen molar-refractivity contribution in [2.75, 3.05) is 7.11 Å². The lowest BCUT2D eigenvalue weighted by Crippen LogP contribution is -2.04. The van der Waals surface area contributed by atoms with Gasteiger partial charge in [-0.1, -0.05) is 39.7 Å². The van der Waals surface area contributed by atoms with Crippen molar-refractivity contribution in [1.82, 2.24) is 0 Å². The van der Waals surface area contributed by atoms with Gasteiger partial charge in [0.15, 0.2) is 0 Å². The third-order valence-corrected chi connectivity index (χ3v) is 2.87. The molecular weight excluding hydrogens is 267 g/mol. The van der Waals surface area contributed by atoms with E-state index in [2.05, 4.69) is 20.7 Å². The Kier molecular flexibility index (Phi) is 4.42. The van der Waals surface area contributed by atoms with Gasteiger partial charge >= 0.3 is 5.97 Å². The summed E-state index contributed by atoms with van der Waals surface area (Å²) in [6, 6.07) is 7.38. The van der Waals surface area contributed by atoms with Crippen LogP contribution < -0.4 is 0 Å². The van der Waals surface area contributed by atoms with Crippen molar-refractivity contribution in [3.8, 4) is 0 Å². The molecule has 0 saturated carbocycles. The third-order valence-electron chi connectivity index (χ3n) is 1.78. The van der Waals surface area contributed by atoms with E-state index in [-0.39, 0.29) is 10.8 Å². The van der Waals surface area contributed by atoms with Gasteiger partial charge in [0, 0.05) is 5.02 Å². The molecule has 1 atom stereocenters. The second-order valence-corrected chi connectivity index (χ2v) is 4.34. The smallest absolute Gasteiger partial charge is 0.306 e. The highest BCUT2D eigenvalue weighted by atomic mass is 79.9. The van der Waals surface area contributed by atoms with Gasteiger partial charge in [0.1, 0.15) is 0 Å². The first kappa shape index (κ1) is 11.5. The fraction of sp³-hybridized carbons (Fsp3) is 0.300. The van der Waals surface area contributed by atoms with Gasteiger partial charge in [-0.2, -0.15) is 0 Å². The van der Waals surface area contributed by atoms with E-state index in [9.17, 15) is 4.79 Å². The second kappa shape index (κ2) is 5.37. The number of ether oxygens (including phenoxy) is 1. The van der Waals surface area contributed by atoms with Crippen LogP contribution >= 0.6 is 27.5 Å². The van der Waals surface area contributed by atoms with Crippen molar-refractivity contribution >= 4 is 33.5 Å². The lowest BCUT2D eigenvalue weighted by molar-refractivity contribution is -0.140. The molecular formula is C10H10BrClO2. The maximum absolute atomic E-state index is 11.0. The highest BCUT2D eigenvalue weighted by Crippen LogP contribution is 2.28. The van der Waals surface area contributed by atoms with Gasteiger partial charge < -0.3 is 4.74 Å². The Morgan fingerprint density at radius 2 is 2.36 bits per heavy atom. The standard InChI is InChI=1S/C10H10BrClO2/c1-14-10(13)6-9(11)7-3-2-4-8(12)5-7/h2-5,9H,6H2,1H3. The lowest BCUT2D eigenvalue weighted by Gasteiger charge is -2.08. The number of benzene rings is 1. The summed E-state index contributed by atoms with van der Waals surface area (Å²) < 4.78 is 4.57. The second-order valence-electron chi connectivity index (χ2n) is 2.80. The predicted molar refractivity (Wildman–Crippen MR) is 59.8 cm³/mol. The number of hydrogen-bond acceptors (Lipinski definition) is 2. The van der Waals surface area contributed by atoms with E-state index < -0.39 is 0 Å². The summed E-state index contributed by atoms with van der Waals surface area (Å²) in [6.45, 7) is 0. The zero-order valence-electron chi connectivity index (χ0n) is 7.67. The molecule has 0 aromatic heterocycles. The molecule has 14 heavy (non-hydrogen) atoms. The summed E-state index contributed by atoms with van der Waals surface area (Å²) in [5.41, 5.74) is 0.975. The first-order valence-electron chi connectivity index (χ1n) is 4.10. The molecule has 0 spiro atoms. The molecule has 0 bridgehead atoms. The average molecular weight is 278 g/mol. The summed E-state index contributed by atoms with van der Waals surface area (Å²) in [5.74, 6) is -0.244. The predicted octanol–water partition coefficient (Wildman–Crippen LogP) is 3.34. The number of rotatable bonds is 3. The van der Waals surface area contributed by atoms with Crippen LogP contribution in [0.4, 0.5) is 0 Å². The maximum Gasteiger partial charge on any atom is 0.306 e. The van der Waals surface area contributed by atoms with Crippen molar-refractivity contribution in [1.29, 1.82) is 0 Å². The molecule has 0 heterocycles. The van der Waals surface area contributed by atoms with Gasteiger partial charge in [0.05, 0.1) is 18.4 Å². The van der Waals surface area contributed by atoms with E-state index in [0.717, 1.165) is 5.56 Å². The Labute approximate surface area is 96.3 Å². The van der Waals surface area contributed by atoms with Crippen LogP contribution in [0.25, 0.3) is 0 Å². The molecule has 0 fully saturated rings. The van der Waals surface area contributed by atoms with E-state index >= 15 is 0 Å². The fourth-order valence-corrected chi connectivity index (χ4v) is 1.80. The van der Waals surface area contributed by atoms with Gasteiger partial charge in [-0.3, -0.25) is 4.79 Å². The van der Waals surface area contributed by atoms with Crippen LogP contribution in [0.15, 0.2) is 24.3 Å². The minimum Gasteiger partial charge on any atom is -0.469 e. The summed E-state index contributed by atoms with van der Waals surface area (Å²) in [7, 11) is 1.38. The van der Waals surface area contributed by atoms with Crippen molar-refractivity contribution in [2.45, 2.75) is 11.2 Å². The van der Waals surface area contributed by atoms with Crippen molar-refractivity contribution in [3.05, 3.63) is 34.9 Å². The average Bonchev–Trinajstić information content (AvgIpc) is 2.17. The van der Waals surface area contributed by atoms with Crippen molar-refractivity contribution < 1.29 is 9.53 Å². The molecule has 0 saturated heterocycles. The van der Waals surface area contributed by atoms with Crippen LogP contribution in [-0.4, -0.2) is 13.1 Å². The number of alkyl halides is 1. The number of hydrogen-bond donors (Lipinski definition) is 0. The van der Waals surface area contributed by atoms with Gasteiger partial charge in [-0.05, 0) is 17.7 Å². The van der Waals surface area contributed by atoms with E-state index in [0.29, 0.717) is 11.4 Å². The van der Waals surface area contributed by atoms with Crippen LogP contribution in [0, 0.1) is 0 Å². The number of carbonyl (C=O) groups excluding carboxylic acids is 1. The molecule has 1 aromatic carbocycles. The normalized spacial score (nSPS) is 12.2. The third kappa shape index (κ3) is 3.31. The van der Waals surface area contributed by atoms with E-state index in [1.165, 1.54) is 7.11 Å². The number of methoxy groups -OCH3 is 1. The van der Waals surface area contributed by atoms with Crippen LogP contribution in [-0.2, 0) is 9.53 Å². The molecule has 4 heteroatoms. The molecule has 76 valence electrons. The Bertz CT molecular complexity index is 328. The molecule has 0 aliphatic carbocycles. The van der Waals surface area contributed by atoms with Crippen LogP contribution in [0.1, 0.15) is 16.8 Å². The Hall–Kier alpha value is -0.540. The highest BCUT2D eigenvalue weighted by molar-refractivity contribution is 9.09.